The molecule has 1 fully saturated rings. The summed E-state index contributed by atoms with van der Waals surface area (Å²) in [5.74, 6) is 0.455. The van der Waals surface area contributed by atoms with Crippen LogP contribution in [0.1, 0.15) is 36.7 Å². The van der Waals surface area contributed by atoms with Gasteiger partial charge in [0.25, 0.3) is 0 Å². The van der Waals surface area contributed by atoms with Gasteiger partial charge in [0.1, 0.15) is 26.8 Å². The summed E-state index contributed by atoms with van der Waals surface area (Å²) in [5, 5.41) is 10.3. The summed E-state index contributed by atoms with van der Waals surface area (Å²) in [7, 11) is 0. The molecule has 8 nitrogen and oxygen atoms in total. The highest BCUT2D eigenvalue weighted by Gasteiger charge is 2.17. The van der Waals surface area contributed by atoms with E-state index in [-0.39, 0.29) is 16.1 Å². The lowest BCUT2D eigenvalue weighted by Crippen LogP contribution is -2.36. The molecule has 0 aliphatic heterocycles. The van der Waals surface area contributed by atoms with Crippen LogP contribution in [0.4, 0.5) is 10.6 Å². The Labute approximate surface area is 170 Å². The maximum absolute atomic E-state index is 12.1. The third-order valence-electron chi connectivity index (χ3n) is 4.57. The number of rotatable bonds is 4. The number of urea groups is 1. The number of nitrogens with one attached hydrogen (secondary N) is 2. The zero-order valence-electron chi connectivity index (χ0n) is 14.9. The van der Waals surface area contributed by atoms with Gasteiger partial charge in [-0.2, -0.15) is 5.10 Å². The molecule has 0 aromatic carbocycles. The number of anilines is 1. The third-order valence-corrected chi connectivity index (χ3v) is 5.14. The molecular formula is C18H20IN7O. The van der Waals surface area contributed by atoms with E-state index in [1.54, 1.807) is 18.3 Å². The van der Waals surface area contributed by atoms with E-state index in [0.717, 1.165) is 18.5 Å². The third kappa shape index (κ3) is 4.18. The van der Waals surface area contributed by atoms with Crippen molar-refractivity contribution >= 4 is 45.6 Å². The minimum absolute atomic E-state index is 0.229. The van der Waals surface area contributed by atoms with Crippen LogP contribution in [0, 0.1) is 0 Å². The summed E-state index contributed by atoms with van der Waals surface area (Å²) >= 11 is 2.29. The monoisotopic (exact) mass is 477 g/mol. The Morgan fingerprint density at radius 2 is 2.04 bits per heavy atom. The number of carbonyl (C=O) groups excluding carboxylic acids is 1. The smallest absolute Gasteiger partial charge is 0.320 e. The Bertz CT molecular complexity index is 965. The summed E-state index contributed by atoms with van der Waals surface area (Å²) in [4.78, 5) is 25.6. The average molecular weight is 477 g/mol. The number of hydrogen-bond acceptors (Lipinski definition) is 5. The molecule has 9 heteroatoms. The van der Waals surface area contributed by atoms with Crippen molar-refractivity contribution in [1.29, 1.82) is 0 Å². The average Bonchev–Trinajstić information content (AvgIpc) is 3.33. The van der Waals surface area contributed by atoms with Crippen molar-refractivity contribution in [3.63, 3.8) is 0 Å². The molecule has 3 aromatic rings. The van der Waals surface area contributed by atoms with Crippen LogP contribution in [-0.2, 0) is 0 Å². The summed E-state index contributed by atoms with van der Waals surface area (Å²) < 4.78 is 2.11. The lowest BCUT2D eigenvalue weighted by molar-refractivity contribution is 0.248. The van der Waals surface area contributed by atoms with Gasteiger partial charge in [-0.15, -0.1) is 0 Å². The highest BCUT2D eigenvalue weighted by Crippen LogP contribution is 2.21. The molecule has 0 bridgehead atoms. The van der Waals surface area contributed by atoms with Gasteiger partial charge in [0, 0.05) is 12.2 Å². The Morgan fingerprint density at radius 1 is 1.22 bits per heavy atom. The van der Waals surface area contributed by atoms with Gasteiger partial charge >= 0.3 is 6.03 Å². The molecule has 140 valence electrons. The Morgan fingerprint density at radius 3 is 2.78 bits per heavy atom. The minimum Gasteiger partial charge on any atom is -0.335 e. The standard InChI is InChI=1S/C18H20IN7O/c1-11(19)26-9-8-13(25-26)15-10-20-14-6-7-16(23-17(14)22-15)24-18(27)21-12-4-2-3-5-12/h6-12H,2-5H2,1H3,(H2,21,22,23,24,27). The highest BCUT2D eigenvalue weighted by molar-refractivity contribution is 14.1. The fourth-order valence-corrected chi connectivity index (χ4v) is 3.48. The van der Waals surface area contributed by atoms with E-state index in [1.165, 1.54) is 12.8 Å². The fourth-order valence-electron chi connectivity index (χ4n) is 3.17. The fraction of sp³-hybridized carbons (Fsp3) is 0.389. The van der Waals surface area contributed by atoms with E-state index >= 15 is 0 Å². The lowest BCUT2D eigenvalue weighted by Gasteiger charge is -2.12. The van der Waals surface area contributed by atoms with E-state index in [0.29, 0.717) is 22.7 Å². The first-order chi connectivity index (χ1) is 13.1. The molecule has 1 saturated carbocycles. The van der Waals surface area contributed by atoms with E-state index in [4.69, 9.17) is 0 Å². The number of amides is 2. The molecule has 0 spiro atoms. The Kier molecular flexibility index (Phi) is 5.19. The zero-order chi connectivity index (χ0) is 18.8. The predicted molar refractivity (Wildman–Crippen MR) is 112 cm³/mol. The van der Waals surface area contributed by atoms with Gasteiger partial charge in [0.05, 0.1) is 6.20 Å². The van der Waals surface area contributed by atoms with Crippen molar-refractivity contribution in [3.8, 4) is 11.4 Å². The van der Waals surface area contributed by atoms with Crippen molar-refractivity contribution in [3.05, 3.63) is 30.6 Å². The summed E-state index contributed by atoms with van der Waals surface area (Å²) in [6.45, 7) is 2.06. The molecule has 2 amide bonds. The van der Waals surface area contributed by atoms with Gasteiger partial charge < -0.3 is 5.32 Å². The van der Waals surface area contributed by atoms with E-state index in [1.807, 2.05) is 16.9 Å². The van der Waals surface area contributed by atoms with Crippen LogP contribution in [0.3, 0.4) is 0 Å². The van der Waals surface area contributed by atoms with Crippen LogP contribution < -0.4 is 10.6 Å². The van der Waals surface area contributed by atoms with E-state index in [9.17, 15) is 4.79 Å². The van der Waals surface area contributed by atoms with E-state index < -0.39 is 0 Å². The molecule has 27 heavy (non-hydrogen) atoms. The summed E-state index contributed by atoms with van der Waals surface area (Å²) in [6, 6.07) is 5.47. The van der Waals surface area contributed by atoms with Crippen LogP contribution >= 0.6 is 22.6 Å². The van der Waals surface area contributed by atoms with Crippen molar-refractivity contribution < 1.29 is 4.79 Å². The van der Waals surface area contributed by atoms with Crippen LogP contribution in [0.5, 0.6) is 0 Å². The number of alkyl halides is 1. The van der Waals surface area contributed by atoms with Gasteiger partial charge in [0.15, 0.2) is 5.65 Å². The maximum Gasteiger partial charge on any atom is 0.320 e. The quantitative estimate of drug-likeness (QED) is 0.439. The van der Waals surface area contributed by atoms with Crippen molar-refractivity contribution in [2.75, 3.05) is 5.32 Å². The molecular weight excluding hydrogens is 457 g/mol. The largest absolute Gasteiger partial charge is 0.335 e. The first-order valence-corrected chi connectivity index (χ1v) is 10.2. The molecule has 3 heterocycles. The highest BCUT2D eigenvalue weighted by atomic mass is 127. The molecule has 1 unspecified atom stereocenters. The van der Waals surface area contributed by atoms with Crippen LogP contribution in [0.25, 0.3) is 22.6 Å². The van der Waals surface area contributed by atoms with Gasteiger partial charge in [0.2, 0.25) is 0 Å². The number of hydrogen-bond donors (Lipinski definition) is 2. The van der Waals surface area contributed by atoms with Gasteiger partial charge in [-0.25, -0.2) is 14.8 Å². The summed E-state index contributed by atoms with van der Waals surface area (Å²) in [5.41, 5.74) is 2.54. The first kappa shape index (κ1) is 18.1. The Balaban J connectivity index is 1.54. The van der Waals surface area contributed by atoms with Crippen molar-refractivity contribution in [2.24, 2.45) is 0 Å². The van der Waals surface area contributed by atoms with Gasteiger partial charge in [-0.3, -0.25) is 15.0 Å². The number of carbonyl (C=O) groups is 1. The number of fused-ring (bicyclic) bond motifs is 1. The van der Waals surface area contributed by atoms with Crippen LogP contribution in [-0.4, -0.2) is 36.8 Å². The molecule has 0 saturated heterocycles. The second-order valence-corrected chi connectivity index (χ2v) is 8.43. The molecule has 1 atom stereocenters. The normalized spacial score (nSPS) is 15.8. The van der Waals surface area contributed by atoms with Crippen molar-refractivity contribution in [1.82, 2.24) is 30.0 Å². The molecule has 2 N–H and O–H groups in total. The zero-order valence-corrected chi connectivity index (χ0v) is 17.0. The number of halogens is 1. The maximum atomic E-state index is 12.1. The van der Waals surface area contributed by atoms with Gasteiger partial charge in [-0.05, 0) is 38.0 Å². The topological polar surface area (TPSA) is 97.6 Å². The first-order valence-electron chi connectivity index (χ1n) is 8.99. The SMILES string of the molecule is CC(I)n1ccc(-c2cnc3ccc(NC(=O)NC4CCCC4)nc3n2)n1. The molecule has 3 aromatic heterocycles. The minimum atomic E-state index is -0.229. The van der Waals surface area contributed by atoms with Crippen LogP contribution in [0.15, 0.2) is 30.6 Å². The lowest BCUT2D eigenvalue weighted by atomic mass is 10.2. The van der Waals surface area contributed by atoms with Crippen molar-refractivity contribution in [2.45, 2.75) is 42.7 Å². The second-order valence-electron chi connectivity index (χ2n) is 6.63. The predicted octanol–water partition coefficient (Wildman–Crippen LogP) is 3.91. The molecule has 0 radical (unpaired) electrons. The van der Waals surface area contributed by atoms with Gasteiger partial charge in [-0.1, -0.05) is 35.4 Å². The van der Waals surface area contributed by atoms with Crippen LogP contribution in [0.2, 0.25) is 0 Å². The second kappa shape index (κ2) is 7.75. The number of nitrogens with zero attached hydrogens (tertiary/aromatic N) is 5. The molecule has 1 aliphatic carbocycles. The Hall–Kier alpha value is -2.30. The number of aromatic nitrogens is 5. The summed E-state index contributed by atoms with van der Waals surface area (Å²) in [6.07, 6.45) is 8.02. The number of pyridine rings is 1. The molecule has 4 rings (SSSR count). The molecule has 1 aliphatic rings. The van der Waals surface area contributed by atoms with E-state index in [2.05, 4.69) is 60.2 Å².